The Balaban J connectivity index is 1.79. The number of carbonyl (C=O) groups excluding carboxylic acids is 1. The number of sulfonamides is 1. The fourth-order valence-electron chi connectivity index (χ4n) is 2.62. The summed E-state index contributed by atoms with van der Waals surface area (Å²) in [6, 6.07) is 14.9. The number of aryl methyl sites for hydroxylation is 1. The lowest BCUT2D eigenvalue weighted by atomic mass is 10.2. The number of nitrogens with one attached hydrogen (secondary N) is 2. The zero-order valence-corrected chi connectivity index (χ0v) is 17.9. The summed E-state index contributed by atoms with van der Waals surface area (Å²) in [5.41, 5.74) is 0.614. The van der Waals surface area contributed by atoms with Gasteiger partial charge in [-0.1, -0.05) is 29.8 Å². The van der Waals surface area contributed by atoms with Gasteiger partial charge in [0.1, 0.15) is 10.6 Å². The molecule has 2 N–H and O–H groups in total. The van der Waals surface area contributed by atoms with E-state index in [2.05, 4.69) is 10.0 Å². The van der Waals surface area contributed by atoms with Gasteiger partial charge in [0, 0.05) is 17.0 Å². The average molecular weight is 451 g/mol. The monoisotopic (exact) mass is 450 g/mol. The number of hydrogen-bond donors (Lipinski definition) is 2. The van der Waals surface area contributed by atoms with E-state index in [-0.39, 0.29) is 27.3 Å². The molecule has 0 unspecified atom stereocenters. The van der Waals surface area contributed by atoms with Gasteiger partial charge in [0.2, 0.25) is 5.91 Å². The molecular formula is C20H19ClN2O4S2. The molecule has 0 atom stereocenters. The summed E-state index contributed by atoms with van der Waals surface area (Å²) in [6.07, 6.45) is 0.922. The molecule has 0 spiro atoms. The maximum Gasteiger partial charge on any atom is 0.265 e. The van der Waals surface area contributed by atoms with Gasteiger partial charge in [-0.25, -0.2) is 8.42 Å². The third-order valence-corrected chi connectivity index (χ3v) is 6.69. The number of rotatable bonds is 8. The first-order chi connectivity index (χ1) is 13.9. The number of para-hydroxylation sites is 1. The molecule has 0 aliphatic heterocycles. The Bertz CT molecular complexity index is 1100. The van der Waals surface area contributed by atoms with E-state index in [9.17, 15) is 13.2 Å². The quantitative estimate of drug-likeness (QED) is 0.517. The van der Waals surface area contributed by atoms with Crippen LogP contribution in [0.1, 0.15) is 11.3 Å². The lowest BCUT2D eigenvalue weighted by molar-refractivity contribution is -0.116. The lowest BCUT2D eigenvalue weighted by Crippen LogP contribution is -2.16. The van der Waals surface area contributed by atoms with Crippen molar-refractivity contribution in [2.75, 3.05) is 17.1 Å². The van der Waals surface area contributed by atoms with Gasteiger partial charge in [0.25, 0.3) is 10.0 Å². The fourth-order valence-corrected chi connectivity index (χ4v) is 4.85. The normalized spacial score (nSPS) is 11.1. The molecule has 3 rings (SSSR count). The summed E-state index contributed by atoms with van der Waals surface area (Å²) in [7, 11) is -2.62. The number of hydrogen-bond acceptors (Lipinski definition) is 5. The van der Waals surface area contributed by atoms with E-state index in [4.69, 9.17) is 16.3 Å². The van der Waals surface area contributed by atoms with Crippen LogP contribution < -0.4 is 14.8 Å². The third-order valence-electron chi connectivity index (χ3n) is 4.03. The van der Waals surface area contributed by atoms with Gasteiger partial charge in [-0.3, -0.25) is 9.52 Å². The van der Waals surface area contributed by atoms with Crippen molar-refractivity contribution in [1.82, 2.24) is 0 Å². The number of ether oxygens (including phenoxy) is 1. The van der Waals surface area contributed by atoms with Gasteiger partial charge in [-0.15, -0.1) is 11.3 Å². The first-order valence-electron chi connectivity index (χ1n) is 8.66. The van der Waals surface area contributed by atoms with Gasteiger partial charge < -0.3 is 10.1 Å². The average Bonchev–Trinajstić information content (AvgIpc) is 3.22. The highest BCUT2D eigenvalue weighted by Gasteiger charge is 2.21. The molecule has 0 aliphatic carbocycles. The third kappa shape index (κ3) is 5.50. The molecule has 2 aromatic carbocycles. The van der Waals surface area contributed by atoms with E-state index in [1.54, 1.807) is 41.7 Å². The van der Waals surface area contributed by atoms with Gasteiger partial charge in [-0.2, -0.15) is 0 Å². The van der Waals surface area contributed by atoms with Crippen LogP contribution in [0.25, 0.3) is 0 Å². The van der Waals surface area contributed by atoms with Crippen LogP contribution in [0.15, 0.2) is 64.9 Å². The standard InChI is InChI=1S/C20H19ClN2O4S2/c1-27-18-10-8-14(22-20(24)11-9-15-5-4-12-28-15)13-19(18)29(25,26)23-17-7-3-2-6-16(17)21/h2-8,10,12-13,23H,9,11H2,1H3,(H,22,24). The highest BCUT2D eigenvalue weighted by atomic mass is 35.5. The minimum Gasteiger partial charge on any atom is -0.495 e. The molecule has 9 heteroatoms. The van der Waals surface area contributed by atoms with Crippen molar-refractivity contribution in [3.63, 3.8) is 0 Å². The molecule has 6 nitrogen and oxygen atoms in total. The second kappa shape index (κ2) is 9.30. The lowest BCUT2D eigenvalue weighted by Gasteiger charge is -2.14. The Labute approximate surface area is 178 Å². The summed E-state index contributed by atoms with van der Waals surface area (Å²) >= 11 is 7.64. The summed E-state index contributed by atoms with van der Waals surface area (Å²) in [4.78, 5) is 13.3. The van der Waals surface area contributed by atoms with Crippen LogP contribution in [-0.4, -0.2) is 21.4 Å². The summed E-state index contributed by atoms with van der Waals surface area (Å²) in [5.74, 6) is -0.0490. The second-order valence-electron chi connectivity index (χ2n) is 6.08. The van der Waals surface area contributed by atoms with Crippen LogP contribution in [-0.2, 0) is 21.2 Å². The first-order valence-corrected chi connectivity index (χ1v) is 11.4. The largest absolute Gasteiger partial charge is 0.495 e. The van der Waals surface area contributed by atoms with E-state index in [1.165, 1.54) is 19.2 Å². The Morgan fingerprint density at radius 2 is 1.93 bits per heavy atom. The van der Waals surface area contributed by atoms with Crippen molar-refractivity contribution >= 4 is 50.2 Å². The van der Waals surface area contributed by atoms with Crippen LogP contribution in [0.5, 0.6) is 5.75 Å². The van der Waals surface area contributed by atoms with Crippen LogP contribution in [0.3, 0.4) is 0 Å². The van der Waals surface area contributed by atoms with E-state index in [0.29, 0.717) is 18.5 Å². The Morgan fingerprint density at radius 1 is 1.14 bits per heavy atom. The minimum absolute atomic E-state index is 0.101. The molecule has 1 heterocycles. The first kappa shape index (κ1) is 21.2. The Hall–Kier alpha value is -2.55. The molecular weight excluding hydrogens is 432 g/mol. The summed E-state index contributed by atoms with van der Waals surface area (Å²) in [5, 5.41) is 4.96. The molecule has 0 fully saturated rings. The molecule has 1 amide bonds. The van der Waals surface area contributed by atoms with Crippen molar-refractivity contribution in [3.8, 4) is 5.75 Å². The minimum atomic E-state index is -3.99. The van der Waals surface area contributed by atoms with Crippen molar-refractivity contribution < 1.29 is 17.9 Å². The number of amides is 1. The molecule has 1 aromatic heterocycles. The summed E-state index contributed by atoms with van der Waals surface area (Å²) < 4.78 is 33.4. The van der Waals surface area contributed by atoms with Crippen molar-refractivity contribution in [2.24, 2.45) is 0 Å². The Kier molecular flexibility index (Phi) is 6.79. The van der Waals surface area contributed by atoms with Gasteiger partial charge in [0.05, 0.1) is 17.8 Å². The number of thiophene rings is 1. The SMILES string of the molecule is COc1ccc(NC(=O)CCc2cccs2)cc1S(=O)(=O)Nc1ccccc1Cl. The maximum atomic E-state index is 12.9. The molecule has 3 aromatic rings. The van der Waals surface area contributed by atoms with Gasteiger partial charge in [0.15, 0.2) is 0 Å². The molecule has 0 saturated carbocycles. The van der Waals surface area contributed by atoms with Crippen molar-refractivity contribution in [2.45, 2.75) is 17.7 Å². The second-order valence-corrected chi connectivity index (χ2v) is 9.17. The maximum absolute atomic E-state index is 12.9. The van der Waals surface area contributed by atoms with E-state index < -0.39 is 10.0 Å². The van der Waals surface area contributed by atoms with Gasteiger partial charge >= 0.3 is 0 Å². The molecule has 0 aliphatic rings. The molecule has 152 valence electrons. The van der Waals surface area contributed by atoms with Crippen LogP contribution in [0.2, 0.25) is 5.02 Å². The van der Waals surface area contributed by atoms with Crippen LogP contribution >= 0.6 is 22.9 Å². The van der Waals surface area contributed by atoms with Crippen LogP contribution in [0.4, 0.5) is 11.4 Å². The summed E-state index contributed by atoms with van der Waals surface area (Å²) in [6.45, 7) is 0. The predicted molar refractivity (Wildman–Crippen MR) is 117 cm³/mol. The number of methoxy groups -OCH3 is 1. The van der Waals surface area contributed by atoms with Gasteiger partial charge in [-0.05, 0) is 48.2 Å². The molecule has 0 bridgehead atoms. The zero-order valence-electron chi connectivity index (χ0n) is 15.5. The topological polar surface area (TPSA) is 84.5 Å². The molecule has 29 heavy (non-hydrogen) atoms. The smallest absolute Gasteiger partial charge is 0.265 e. The number of halogens is 1. The van der Waals surface area contributed by atoms with Crippen molar-refractivity contribution in [1.29, 1.82) is 0 Å². The number of carbonyl (C=O) groups is 1. The highest BCUT2D eigenvalue weighted by Crippen LogP contribution is 2.30. The number of benzene rings is 2. The van der Waals surface area contributed by atoms with Crippen molar-refractivity contribution in [3.05, 3.63) is 69.9 Å². The zero-order chi connectivity index (χ0) is 20.9. The fraction of sp³-hybridized carbons (Fsp3) is 0.150. The molecule has 0 saturated heterocycles. The van der Waals surface area contributed by atoms with Crippen LogP contribution in [0, 0.1) is 0 Å². The predicted octanol–water partition coefficient (Wildman–Crippen LogP) is 4.78. The van der Waals surface area contributed by atoms with E-state index in [1.807, 2.05) is 17.5 Å². The van der Waals surface area contributed by atoms with E-state index >= 15 is 0 Å². The molecule has 0 radical (unpaired) electrons. The van der Waals surface area contributed by atoms with E-state index in [0.717, 1.165) is 4.88 Å². The highest BCUT2D eigenvalue weighted by molar-refractivity contribution is 7.92. The Morgan fingerprint density at radius 3 is 2.62 bits per heavy atom. The number of anilines is 2.